The van der Waals surface area contributed by atoms with Gasteiger partial charge in [-0.05, 0) is 37.1 Å². The molecule has 0 saturated heterocycles. The zero-order valence-corrected chi connectivity index (χ0v) is 16.0. The lowest BCUT2D eigenvalue weighted by Crippen LogP contribution is -2.22. The Hall–Kier alpha value is -2.37. The van der Waals surface area contributed by atoms with Crippen molar-refractivity contribution in [2.75, 3.05) is 0 Å². The first kappa shape index (κ1) is 16.8. The van der Waals surface area contributed by atoms with Crippen LogP contribution in [0.25, 0.3) is 21.8 Å². The molecule has 2 heterocycles. The minimum absolute atomic E-state index is 0.0494. The summed E-state index contributed by atoms with van der Waals surface area (Å²) in [5.41, 5.74) is 2.62. The summed E-state index contributed by atoms with van der Waals surface area (Å²) >= 11 is 7.94. The van der Waals surface area contributed by atoms with E-state index >= 15 is 0 Å². The van der Waals surface area contributed by atoms with Crippen molar-refractivity contribution in [1.29, 1.82) is 0 Å². The third-order valence-corrected chi connectivity index (χ3v) is 6.12. The molecule has 0 bridgehead atoms. The molecule has 0 unspecified atom stereocenters. The molecule has 4 aromatic rings. The topological polar surface area (TPSA) is 47.8 Å². The van der Waals surface area contributed by atoms with E-state index in [4.69, 9.17) is 16.6 Å². The molecule has 1 aliphatic rings. The molecule has 27 heavy (non-hydrogen) atoms. The summed E-state index contributed by atoms with van der Waals surface area (Å²) in [4.78, 5) is 22.2. The normalized spacial score (nSPS) is 14.1. The molecule has 0 atom stereocenters. The van der Waals surface area contributed by atoms with Gasteiger partial charge < -0.3 is 0 Å². The molecule has 0 amide bonds. The van der Waals surface area contributed by atoms with E-state index in [1.165, 1.54) is 0 Å². The van der Waals surface area contributed by atoms with E-state index in [1.54, 1.807) is 11.8 Å². The van der Waals surface area contributed by atoms with Gasteiger partial charge in [-0.1, -0.05) is 53.7 Å². The zero-order valence-electron chi connectivity index (χ0n) is 14.4. The quantitative estimate of drug-likeness (QED) is 0.271. The molecule has 0 N–H and O–H groups in total. The summed E-state index contributed by atoms with van der Waals surface area (Å²) < 4.78 is 1.86. The van der Waals surface area contributed by atoms with E-state index in [-0.39, 0.29) is 11.6 Å². The summed E-state index contributed by atoms with van der Waals surface area (Å²) in [5, 5.41) is 3.00. The number of para-hydroxylation sites is 2. The van der Waals surface area contributed by atoms with Gasteiger partial charge in [-0.3, -0.25) is 9.36 Å². The Morgan fingerprint density at radius 2 is 1.78 bits per heavy atom. The summed E-state index contributed by atoms with van der Waals surface area (Å²) in [6.45, 7) is 0. The second kappa shape index (κ2) is 6.66. The van der Waals surface area contributed by atoms with E-state index in [2.05, 4.69) is 11.1 Å². The Morgan fingerprint density at radius 1 is 1.04 bits per heavy atom. The van der Waals surface area contributed by atoms with Crippen molar-refractivity contribution in [2.24, 2.45) is 0 Å². The van der Waals surface area contributed by atoms with Crippen LogP contribution in [0, 0.1) is 0 Å². The van der Waals surface area contributed by atoms with Gasteiger partial charge in [0.1, 0.15) is 5.15 Å². The molecule has 1 aliphatic carbocycles. The third-order valence-electron chi connectivity index (χ3n) is 4.79. The van der Waals surface area contributed by atoms with Crippen LogP contribution in [-0.2, 0) is 5.75 Å². The number of halogens is 1. The lowest BCUT2D eigenvalue weighted by atomic mass is 10.2. The monoisotopic (exact) mass is 393 g/mol. The second-order valence-corrected chi connectivity index (χ2v) is 8.04. The lowest BCUT2D eigenvalue weighted by Gasteiger charge is -2.13. The first-order valence-electron chi connectivity index (χ1n) is 8.89. The average Bonchev–Trinajstić information content (AvgIpc) is 3.51. The Balaban J connectivity index is 1.54. The molecule has 1 fully saturated rings. The van der Waals surface area contributed by atoms with Gasteiger partial charge in [0.25, 0.3) is 5.56 Å². The molecular formula is C21H16ClN3OS. The van der Waals surface area contributed by atoms with E-state index in [0.29, 0.717) is 16.3 Å². The minimum atomic E-state index is 0.0494. The lowest BCUT2D eigenvalue weighted by molar-refractivity contribution is 0.618. The molecule has 2 aromatic carbocycles. The van der Waals surface area contributed by atoms with E-state index < -0.39 is 0 Å². The molecule has 0 aliphatic heterocycles. The predicted molar refractivity (Wildman–Crippen MR) is 111 cm³/mol. The molecule has 6 heteroatoms. The smallest absolute Gasteiger partial charge is 0.262 e. The minimum Gasteiger partial charge on any atom is -0.284 e. The van der Waals surface area contributed by atoms with Crippen molar-refractivity contribution in [3.63, 3.8) is 0 Å². The van der Waals surface area contributed by atoms with Crippen LogP contribution in [0.1, 0.15) is 24.4 Å². The van der Waals surface area contributed by atoms with Crippen LogP contribution >= 0.6 is 23.4 Å². The standard InChI is InChI=1S/C21H16ClN3OS/c22-19-14(11-13-5-1-3-7-17(13)23-19)12-27-21-24-18-8-4-2-6-16(18)20(26)25(21)15-9-10-15/h1-8,11,15H,9-10,12H2. The molecule has 0 spiro atoms. The maximum absolute atomic E-state index is 13.0. The van der Waals surface area contributed by atoms with Gasteiger partial charge >= 0.3 is 0 Å². The summed E-state index contributed by atoms with van der Waals surface area (Å²) in [6, 6.07) is 17.8. The number of rotatable bonds is 4. The van der Waals surface area contributed by atoms with Gasteiger partial charge in [0.15, 0.2) is 5.16 Å². The van der Waals surface area contributed by atoms with Crippen LogP contribution in [-0.4, -0.2) is 14.5 Å². The maximum atomic E-state index is 13.0. The predicted octanol–water partition coefficient (Wildman–Crippen LogP) is 5.23. The van der Waals surface area contributed by atoms with Gasteiger partial charge in [-0.25, -0.2) is 9.97 Å². The SMILES string of the molecule is O=c1c2ccccc2nc(SCc2cc3ccccc3nc2Cl)n1C1CC1. The van der Waals surface area contributed by atoms with Gasteiger partial charge in [0.05, 0.1) is 16.4 Å². The summed E-state index contributed by atoms with van der Waals surface area (Å²) in [6.07, 6.45) is 2.07. The number of nitrogens with zero attached hydrogens (tertiary/aromatic N) is 3. The average molecular weight is 394 g/mol. The molecule has 134 valence electrons. The van der Waals surface area contributed by atoms with E-state index in [0.717, 1.165) is 40.0 Å². The van der Waals surface area contributed by atoms with Crippen LogP contribution in [0.2, 0.25) is 5.15 Å². The summed E-state index contributed by atoms with van der Waals surface area (Å²) in [5.74, 6) is 0.619. The van der Waals surface area contributed by atoms with Crippen LogP contribution < -0.4 is 5.56 Å². The second-order valence-electron chi connectivity index (χ2n) is 6.74. The van der Waals surface area contributed by atoms with Gasteiger partial charge in [0, 0.05) is 22.7 Å². The van der Waals surface area contributed by atoms with Crippen molar-refractivity contribution >= 4 is 45.2 Å². The van der Waals surface area contributed by atoms with Crippen molar-refractivity contribution in [3.8, 4) is 0 Å². The largest absolute Gasteiger partial charge is 0.284 e. The van der Waals surface area contributed by atoms with Crippen molar-refractivity contribution in [2.45, 2.75) is 29.8 Å². The molecule has 4 nitrogen and oxygen atoms in total. The fourth-order valence-corrected chi connectivity index (χ4v) is 4.59. The van der Waals surface area contributed by atoms with Gasteiger partial charge in [0.2, 0.25) is 0 Å². The van der Waals surface area contributed by atoms with Crippen LogP contribution in [0.5, 0.6) is 0 Å². The van der Waals surface area contributed by atoms with Crippen LogP contribution in [0.3, 0.4) is 0 Å². The van der Waals surface area contributed by atoms with Crippen LogP contribution in [0.15, 0.2) is 64.5 Å². The number of benzene rings is 2. The molecular weight excluding hydrogens is 378 g/mol. The van der Waals surface area contributed by atoms with Crippen molar-refractivity contribution < 1.29 is 0 Å². The highest BCUT2D eigenvalue weighted by Crippen LogP contribution is 2.38. The molecule has 2 aromatic heterocycles. The van der Waals surface area contributed by atoms with Crippen molar-refractivity contribution in [1.82, 2.24) is 14.5 Å². The highest BCUT2D eigenvalue weighted by atomic mass is 35.5. The van der Waals surface area contributed by atoms with Gasteiger partial charge in [-0.15, -0.1) is 0 Å². The Bertz CT molecular complexity index is 1230. The summed E-state index contributed by atoms with van der Waals surface area (Å²) in [7, 11) is 0. The Labute approximate surface area is 165 Å². The number of hydrogen-bond donors (Lipinski definition) is 0. The first-order chi connectivity index (χ1) is 13.2. The number of aromatic nitrogens is 3. The number of fused-ring (bicyclic) bond motifs is 2. The first-order valence-corrected chi connectivity index (χ1v) is 10.3. The van der Waals surface area contributed by atoms with Crippen molar-refractivity contribution in [3.05, 3.63) is 75.7 Å². The maximum Gasteiger partial charge on any atom is 0.262 e. The Morgan fingerprint density at radius 3 is 2.59 bits per heavy atom. The number of hydrogen-bond acceptors (Lipinski definition) is 4. The fourth-order valence-electron chi connectivity index (χ4n) is 3.26. The number of pyridine rings is 1. The molecule has 5 rings (SSSR count). The Kier molecular flexibility index (Phi) is 4.14. The third kappa shape index (κ3) is 3.11. The van der Waals surface area contributed by atoms with E-state index in [1.807, 2.05) is 53.1 Å². The van der Waals surface area contributed by atoms with Crippen LogP contribution in [0.4, 0.5) is 0 Å². The highest BCUT2D eigenvalue weighted by molar-refractivity contribution is 7.98. The highest BCUT2D eigenvalue weighted by Gasteiger charge is 2.28. The zero-order chi connectivity index (χ0) is 18.4. The fraction of sp³-hybridized carbons (Fsp3) is 0.190. The number of thioether (sulfide) groups is 1. The molecule has 1 saturated carbocycles. The van der Waals surface area contributed by atoms with E-state index in [9.17, 15) is 4.79 Å². The molecule has 0 radical (unpaired) electrons. The van der Waals surface area contributed by atoms with Gasteiger partial charge in [-0.2, -0.15) is 0 Å².